The van der Waals surface area contributed by atoms with Crippen molar-refractivity contribution in [2.75, 3.05) is 7.11 Å². The molecule has 19 heavy (non-hydrogen) atoms. The van der Waals surface area contributed by atoms with Crippen molar-refractivity contribution in [3.8, 4) is 5.75 Å². The highest BCUT2D eigenvalue weighted by Crippen LogP contribution is 2.34. The molecule has 2 aromatic rings. The van der Waals surface area contributed by atoms with Gasteiger partial charge in [-0.1, -0.05) is 23.2 Å². The highest BCUT2D eigenvalue weighted by atomic mass is 35.5. The molecular formula is C13H13Cl2N3O. The van der Waals surface area contributed by atoms with E-state index in [9.17, 15) is 0 Å². The van der Waals surface area contributed by atoms with Crippen LogP contribution in [0.25, 0.3) is 0 Å². The van der Waals surface area contributed by atoms with Crippen LogP contribution in [-0.4, -0.2) is 12.1 Å². The summed E-state index contributed by atoms with van der Waals surface area (Å²) in [6, 6.07) is 6.81. The molecule has 100 valence electrons. The van der Waals surface area contributed by atoms with Crippen LogP contribution in [0.3, 0.4) is 0 Å². The van der Waals surface area contributed by atoms with Crippen molar-refractivity contribution in [3.05, 3.63) is 57.8 Å². The Morgan fingerprint density at radius 2 is 2.05 bits per heavy atom. The fraction of sp³-hybridized carbons (Fsp3) is 0.154. The van der Waals surface area contributed by atoms with Crippen LogP contribution < -0.4 is 16.0 Å². The van der Waals surface area contributed by atoms with Crippen LogP contribution in [0.5, 0.6) is 5.75 Å². The quantitative estimate of drug-likeness (QED) is 0.673. The second kappa shape index (κ2) is 6.21. The predicted octanol–water partition coefficient (Wildman–Crippen LogP) is 2.95. The van der Waals surface area contributed by atoms with Crippen molar-refractivity contribution in [1.29, 1.82) is 0 Å². The minimum Gasteiger partial charge on any atom is -0.496 e. The first kappa shape index (κ1) is 14.1. The first-order valence-corrected chi connectivity index (χ1v) is 6.32. The summed E-state index contributed by atoms with van der Waals surface area (Å²) in [5.74, 6) is 6.33. The molecule has 0 aliphatic carbocycles. The molecule has 1 aromatic heterocycles. The number of rotatable bonds is 4. The van der Waals surface area contributed by atoms with Crippen LogP contribution in [0, 0.1) is 0 Å². The van der Waals surface area contributed by atoms with E-state index in [2.05, 4.69) is 10.4 Å². The van der Waals surface area contributed by atoms with Crippen molar-refractivity contribution < 1.29 is 4.74 Å². The summed E-state index contributed by atoms with van der Waals surface area (Å²) in [6.07, 6.45) is 3.22. The van der Waals surface area contributed by atoms with Crippen LogP contribution in [0.2, 0.25) is 10.0 Å². The van der Waals surface area contributed by atoms with E-state index in [0.29, 0.717) is 15.8 Å². The summed E-state index contributed by atoms with van der Waals surface area (Å²) in [5.41, 5.74) is 4.34. The lowest BCUT2D eigenvalue weighted by Crippen LogP contribution is -2.29. The van der Waals surface area contributed by atoms with E-state index in [1.54, 1.807) is 43.8 Å². The van der Waals surface area contributed by atoms with Gasteiger partial charge in [-0.3, -0.25) is 10.8 Å². The zero-order valence-electron chi connectivity index (χ0n) is 10.2. The van der Waals surface area contributed by atoms with E-state index in [1.807, 2.05) is 0 Å². The van der Waals surface area contributed by atoms with Crippen molar-refractivity contribution >= 4 is 23.2 Å². The summed E-state index contributed by atoms with van der Waals surface area (Å²) in [7, 11) is 1.59. The minimum absolute atomic E-state index is 0.329. The van der Waals surface area contributed by atoms with Gasteiger partial charge < -0.3 is 4.74 Å². The number of nitrogens with one attached hydrogen (secondary N) is 1. The van der Waals surface area contributed by atoms with Crippen molar-refractivity contribution in [3.63, 3.8) is 0 Å². The molecule has 1 aromatic carbocycles. The molecule has 4 nitrogen and oxygen atoms in total. The molecule has 0 aliphatic rings. The molecule has 1 heterocycles. The molecule has 0 saturated heterocycles. The molecule has 0 radical (unpaired) electrons. The first-order chi connectivity index (χ1) is 9.17. The number of hydrazine groups is 1. The fourth-order valence-electron chi connectivity index (χ4n) is 1.90. The van der Waals surface area contributed by atoms with Gasteiger partial charge in [0.25, 0.3) is 0 Å². The van der Waals surface area contributed by atoms with E-state index in [0.717, 1.165) is 11.1 Å². The molecule has 6 heteroatoms. The van der Waals surface area contributed by atoms with E-state index in [4.69, 9.17) is 33.8 Å². The van der Waals surface area contributed by atoms with Gasteiger partial charge in [0, 0.05) is 23.0 Å². The average molecular weight is 298 g/mol. The number of aromatic nitrogens is 1. The maximum atomic E-state index is 6.15. The van der Waals surface area contributed by atoms with Crippen molar-refractivity contribution in [2.24, 2.45) is 5.84 Å². The monoisotopic (exact) mass is 297 g/mol. The largest absolute Gasteiger partial charge is 0.496 e. The Morgan fingerprint density at radius 3 is 2.68 bits per heavy atom. The van der Waals surface area contributed by atoms with Gasteiger partial charge in [0.15, 0.2) is 0 Å². The third kappa shape index (κ3) is 2.98. The number of hydrogen-bond acceptors (Lipinski definition) is 4. The van der Waals surface area contributed by atoms with Gasteiger partial charge in [0.1, 0.15) is 5.75 Å². The van der Waals surface area contributed by atoms with Gasteiger partial charge >= 0.3 is 0 Å². The maximum Gasteiger partial charge on any atom is 0.124 e. The Kier molecular flexibility index (Phi) is 4.61. The number of hydrogen-bond donors (Lipinski definition) is 2. The Labute approximate surface area is 121 Å². The summed E-state index contributed by atoms with van der Waals surface area (Å²) >= 11 is 12.2. The third-order valence-electron chi connectivity index (χ3n) is 2.78. The zero-order chi connectivity index (χ0) is 13.8. The molecule has 0 fully saturated rings. The first-order valence-electron chi connectivity index (χ1n) is 5.56. The van der Waals surface area contributed by atoms with E-state index in [-0.39, 0.29) is 6.04 Å². The number of benzene rings is 1. The van der Waals surface area contributed by atoms with Gasteiger partial charge in [0.2, 0.25) is 0 Å². The van der Waals surface area contributed by atoms with Crippen LogP contribution in [0.1, 0.15) is 17.2 Å². The molecule has 1 unspecified atom stereocenters. The van der Waals surface area contributed by atoms with E-state index in [1.165, 1.54) is 0 Å². The van der Waals surface area contributed by atoms with Gasteiger partial charge in [-0.05, 0) is 29.8 Å². The third-order valence-corrected chi connectivity index (χ3v) is 3.34. The average Bonchev–Trinajstić information content (AvgIpc) is 2.42. The van der Waals surface area contributed by atoms with Gasteiger partial charge in [0.05, 0.1) is 18.2 Å². The Balaban J connectivity index is 2.54. The van der Waals surface area contributed by atoms with Gasteiger partial charge in [-0.25, -0.2) is 5.43 Å². The Morgan fingerprint density at radius 1 is 1.26 bits per heavy atom. The van der Waals surface area contributed by atoms with Gasteiger partial charge in [-0.15, -0.1) is 0 Å². The SMILES string of the molecule is COc1ccc(Cl)cc1C(NN)c1ccncc1Cl. The molecule has 0 aliphatic heterocycles. The topological polar surface area (TPSA) is 60.2 Å². The lowest BCUT2D eigenvalue weighted by atomic mass is 9.99. The zero-order valence-corrected chi connectivity index (χ0v) is 11.7. The summed E-state index contributed by atoms with van der Waals surface area (Å²) in [6.45, 7) is 0. The highest BCUT2D eigenvalue weighted by molar-refractivity contribution is 6.31. The number of nitrogens with two attached hydrogens (primary N) is 1. The molecule has 2 rings (SSSR count). The molecule has 0 spiro atoms. The van der Waals surface area contributed by atoms with E-state index >= 15 is 0 Å². The second-order valence-corrected chi connectivity index (χ2v) is 4.73. The minimum atomic E-state index is -0.329. The smallest absolute Gasteiger partial charge is 0.124 e. The standard InChI is InChI=1S/C13H13Cl2N3O/c1-19-12-3-2-8(14)6-10(12)13(18-16)9-4-5-17-7-11(9)15/h2-7,13,18H,16H2,1H3. The molecule has 0 saturated carbocycles. The number of ether oxygens (including phenoxy) is 1. The lowest BCUT2D eigenvalue weighted by Gasteiger charge is -2.20. The number of halogens is 2. The van der Waals surface area contributed by atoms with E-state index < -0.39 is 0 Å². The molecule has 3 N–H and O–H groups in total. The fourth-order valence-corrected chi connectivity index (χ4v) is 2.31. The Bertz CT molecular complexity index is 578. The van der Waals surface area contributed by atoms with Crippen molar-refractivity contribution in [2.45, 2.75) is 6.04 Å². The molecular weight excluding hydrogens is 285 g/mol. The normalized spacial score (nSPS) is 12.2. The summed E-state index contributed by atoms with van der Waals surface area (Å²) in [5, 5.41) is 1.12. The Hall–Kier alpha value is -1.33. The number of methoxy groups -OCH3 is 1. The van der Waals surface area contributed by atoms with Crippen LogP contribution >= 0.6 is 23.2 Å². The highest BCUT2D eigenvalue weighted by Gasteiger charge is 2.19. The molecule has 0 bridgehead atoms. The molecule has 1 atom stereocenters. The predicted molar refractivity (Wildman–Crippen MR) is 76.4 cm³/mol. The summed E-state index contributed by atoms with van der Waals surface area (Å²) in [4.78, 5) is 3.96. The van der Waals surface area contributed by atoms with Gasteiger partial charge in [-0.2, -0.15) is 0 Å². The second-order valence-electron chi connectivity index (χ2n) is 3.88. The molecule has 0 amide bonds. The lowest BCUT2D eigenvalue weighted by molar-refractivity contribution is 0.404. The number of nitrogens with zero attached hydrogens (tertiary/aromatic N) is 1. The van der Waals surface area contributed by atoms with Crippen LogP contribution in [0.4, 0.5) is 0 Å². The van der Waals surface area contributed by atoms with Crippen molar-refractivity contribution in [1.82, 2.24) is 10.4 Å². The van der Waals surface area contributed by atoms with Crippen LogP contribution in [0.15, 0.2) is 36.7 Å². The summed E-state index contributed by atoms with van der Waals surface area (Å²) < 4.78 is 5.33. The number of pyridine rings is 1. The maximum absolute atomic E-state index is 6.15. The van der Waals surface area contributed by atoms with Crippen LogP contribution in [-0.2, 0) is 0 Å².